The van der Waals surface area contributed by atoms with Crippen LogP contribution in [-0.2, 0) is 4.74 Å². The average Bonchev–Trinajstić information content (AvgIpc) is 3.19. The van der Waals surface area contributed by atoms with Crippen LogP contribution in [0.3, 0.4) is 0 Å². The van der Waals surface area contributed by atoms with Crippen molar-refractivity contribution >= 4 is 16.9 Å². The number of carbonyl (C=O) groups excluding carboxylic acids is 1. The van der Waals surface area contributed by atoms with Gasteiger partial charge in [-0.2, -0.15) is 0 Å². The number of fused-ring (bicyclic) bond motifs is 1. The van der Waals surface area contributed by atoms with E-state index in [1.807, 2.05) is 31.2 Å². The van der Waals surface area contributed by atoms with E-state index in [9.17, 15) is 4.79 Å². The lowest BCUT2D eigenvalue weighted by molar-refractivity contribution is 0.00988. The van der Waals surface area contributed by atoms with Gasteiger partial charge in [0.15, 0.2) is 0 Å². The van der Waals surface area contributed by atoms with Crippen molar-refractivity contribution in [2.24, 2.45) is 0 Å². The summed E-state index contributed by atoms with van der Waals surface area (Å²) in [7, 11) is 0. The zero-order valence-corrected chi connectivity index (χ0v) is 12.9. The third-order valence-corrected chi connectivity index (χ3v) is 4.96. The fourth-order valence-corrected chi connectivity index (χ4v) is 3.89. The zero-order valence-electron chi connectivity index (χ0n) is 12.9. The quantitative estimate of drug-likeness (QED) is 0.922. The molecule has 116 valence electrons. The summed E-state index contributed by atoms with van der Waals surface area (Å²) in [6.07, 6.45) is 5.72. The highest BCUT2D eigenvalue weighted by Crippen LogP contribution is 2.40. The van der Waals surface area contributed by atoms with Crippen LogP contribution in [0.4, 0.5) is 0 Å². The number of hydrogen-bond donors (Lipinski definition) is 1. The minimum Gasteiger partial charge on any atom is -0.461 e. The standard InChI is InChI=1S/C18H21NO3/c1-12-8-14-9-13(4-5-16(14)22-12)17(20)19-15-10-18(21-11-15)6-2-3-7-18/h4-5,8-9,15H,2-3,6-7,10-11H2,1H3,(H,19,20)/t15-/m0/s1. The number of aryl methyl sites for hydroxylation is 1. The Hall–Kier alpha value is -1.81. The van der Waals surface area contributed by atoms with Gasteiger partial charge in [-0.25, -0.2) is 0 Å². The Morgan fingerprint density at radius 3 is 2.91 bits per heavy atom. The Bertz CT molecular complexity index is 712. The molecule has 1 aromatic heterocycles. The molecule has 2 fully saturated rings. The summed E-state index contributed by atoms with van der Waals surface area (Å²) in [5.74, 6) is 0.837. The summed E-state index contributed by atoms with van der Waals surface area (Å²) in [5, 5.41) is 4.10. The van der Waals surface area contributed by atoms with Crippen LogP contribution in [0, 0.1) is 6.92 Å². The van der Waals surface area contributed by atoms with Gasteiger partial charge in [0.05, 0.1) is 18.2 Å². The van der Waals surface area contributed by atoms with Crippen LogP contribution in [0.1, 0.15) is 48.2 Å². The Balaban J connectivity index is 1.47. The van der Waals surface area contributed by atoms with Gasteiger partial charge in [-0.3, -0.25) is 4.79 Å². The molecule has 0 bridgehead atoms. The van der Waals surface area contributed by atoms with Crippen LogP contribution in [0.2, 0.25) is 0 Å². The van der Waals surface area contributed by atoms with Crippen molar-refractivity contribution in [1.82, 2.24) is 5.32 Å². The van der Waals surface area contributed by atoms with Crippen LogP contribution in [0.5, 0.6) is 0 Å². The van der Waals surface area contributed by atoms with Crippen LogP contribution < -0.4 is 5.32 Å². The first kappa shape index (κ1) is 13.8. The number of hydrogen-bond acceptors (Lipinski definition) is 3. The monoisotopic (exact) mass is 299 g/mol. The first-order valence-corrected chi connectivity index (χ1v) is 8.09. The van der Waals surface area contributed by atoms with Crippen molar-refractivity contribution in [3.63, 3.8) is 0 Å². The van der Waals surface area contributed by atoms with E-state index in [1.54, 1.807) is 0 Å². The van der Waals surface area contributed by atoms with Crippen LogP contribution in [0.25, 0.3) is 11.0 Å². The number of ether oxygens (including phenoxy) is 1. The van der Waals surface area contributed by atoms with Gasteiger partial charge in [0.25, 0.3) is 5.91 Å². The number of nitrogens with one attached hydrogen (secondary N) is 1. The Labute approximate surface area is 129 Å². The molecule has 1 spiro atoms. The average molecular weight is 299 g/mol. The largest absolute Gasteiger partial charge is 0.461 e. The summed E-state index contributed by atoms with van der Waals surface area (Å²) in [6, 6.07) is 7.66. The van der Waals surface area contributed by atoms with Gasteiger partial charge in [-0.1, -0.05) is 12.8 Å². The van der Waals surface area contributed by atoms with E-state index in [0.717, 1.165) is 36.0 Å². The molecule has 2 aromatic rings. The molecule has 22 heavy (non-hydrogen) atoms. The Morgan fingerprint density at radius 2 is 2.09 bits per heavy atom. The molecule has 1 saturated carbocycles. The molecule has 1 saturated heterocycles. The summed E-state index contributed by atoms with van der Waals surface area (Å²) in [6.45, 7) is 2.55. The van der Waals surface area contributed by atoms with Crippen molar-refractivity contribution < 1.29 is 13.9 Å². The fraction of sp³-hybridized carbons (Fsp3) is 0.500. The normalized spacial score (nSPS) is 23.4. The maximum absolute atomic E-state index is 12.5. The molecule has 0 radical (unpaired) electrons. The minimum atomic E-state index is -0.0237. The van der Waals surface area contributed by atoms with Crippen molar-refractivity contribution in [2.75, 3.05) is 6.61 Å². The van der Waals surface area contributed by atoms with E-state index in [1.165, 1.54) is 12.8 Å². The van der Waals surface area contributed by atoms with Crippen LogP contribution in [0.15, 0.2) is 28.7 Å². The predicted molar refractivity (Wildman–Crippen MR) is 84.0 cm³/mol. The number of benzene rings is 1. The Morgan fingerprint density at radius 1 is 1.27 bits per heavy atom. The SMILES string of the molecule is Cc1cc2cc(C(=O)N[C@@H]3COC4(CCCC4)C3)ccc2o1. The molecule has 1 N–H and O–H groups in total. The molecule has 4 nitrogen and oxygen atoms in total. The third-order valence-electron chi connectivity index (χ3n) is 4.96. The van der Waals surface area contributed by atoms with Crippen molar-refractivity contribution in [3.05, 3.63) is 35.6 Å². The zero-order chi connectivity index (χ0) is 15.2. The lowest BCUT2D eigenvalue weighted by atomic mass is 9.96. The molecule has 0 unspecified atom stereocenters. The second-order valence-corrected chi connectivity index (χ2v) is 6.69. The van der Waals surface area contributed by atoms with E-state index in [2.05, 4.69) is 5.32 Å². The molecule has 4 heteroatoms. The van der Waals surface area contributed by atoms with Gasteiger partial charge in [0, 0.05) is 10.9 Å². The van der Waals surface area contributed by atoms with Gasteiger partial charge >= 0.3 is 0 Å². The molecule has 1 aromatic carbocycles. The summed E-state index contributed by atoms with van der Waals surface area (Å²) in [5.41, 5.74) is 1.55. The fourth-order valence-electron chi connectivity index (χ4n) is 3.89. The second kappa shape index (κ2) is 5.13. The van der Waals surface area contributed by atoms with E-state index >= 15 is 0 Å². The smallest absolute Gasteiger partial charge is 0.251 e. The van der Waals surface area contributed by atoms with Crippen LogP contribution >= 0.6 is 0 Å². The van der Waals surface area contributed by atoms with E-state index in [-0.39, 0.29) is 17.6 Å². The second-order valence-electron chi connectivity index (χ2n) is 6.69. The van der Waals surface area contributed by atoms with Gasteiger partial charge in [-0.15, -0.1) is 0 Å². The molecule has 1 amide bonds. The number of rotatable bonds is 2. The van der Waals surface area contributed by atoms with Crippen molar-refractivity contribution in [3.8, 4) is 0 Å². The maximum atomic E-state index is 12.5. The van der Waals surface area contributed by atoms with Gasteiger partial charge < -0.3 is 14.5 Å². The minimum absolute atomic E-state index is 0.0237. The molecule has 2 heterocycles. The van der Waals surface area contributed by atoms with Gasteiger partial charge in [-0.05, 0) is 50.5 Å². The maximum Gasteiger partial charge on any atom is 0.251 e. The summed E-state index contributed by atoms with van der Waals surface area (Å²) in [4.78, 5) is 12.5. The van der Waals surface area contributed by atoms with E-state index in [4.69, 9.17) is 9.15 Å². The van der Waals surface area contributed by atoms with Gasteiger partial charge in [0.2, 0.25) is 0 Å². The molecule has 4 rings (SSSR count). The molecule has 2 aliphatic rings. The number of furan rings is 1. The lowest BCUT2D eigenvalue weighted by Crippen LogP contribution is -2.36. The topological polar surface area (TPSA) is 51.5 Å². The molecule has 1 aliphatic heterocycles. The predicted octanol–water partition coefficient (Wildman–Crippen LogP) is 3.57. The molecule has 1 aliphatic carbocycles. The van der Waals surface area contributed by atoms with E-state index in [0.29, 0.717) is 12.2 Å². The molecular formula is C18H21NO3. The van der Waals surface area contributed by atoms with Crippen molar-refractivity contribution in [1.29, 1.82) is 0 Å². The van der Waals surface area contributed by atoms with E-state index < -0.39 is 0 Å². The number of amides is 1. The number of carbonyl (C=O) groups is 1. The Kier molecular flexibility index (Phi) is 3.22. The summed E-state index contributed by atoms with van der Waals surface area (Å²) >= 11 is 0. The van der Waals surface area contributed by atoms with Crippen LogP contribution in [-0.4, -0.2) is 24.2 Å². The first-order valence-electron chi connectivity index (χ1n) is 8.09. The van der Waals surface area contributed by atoms with Crippen molar-refractivity contribution in [2.45, 2.75) is 50.7 Å². The lowest BCUT2D eigenvalue weighted by Gasteiger charge is -2.21. The highest BCUT2D eigenvalue weighted by molar-refractivity contribution is 5.98. The molecule has 1 atom stereocenters. The highest BCUT2D eigenvalue weighted by Gasteiger charge is 2.42. The molecular weight excluding hydrogens is 278 g/mol. The summed E-state index contributed by atoms with van der Waals surface area (Å²) < 4.78 is 11.5. The first-order chi connectivity index (χ1) is 10.6. The van der Waals surface area contributed by atoms with Gasteiger partial charge in [0.1, 0.15) is 11.3 Å². The highest BCUT2D eigenvalue weighted by atomic mass is 16.5. The third kappa shape index (κ3) is 2.41.